The summed E-state index contributed by atoms with van der Waals surface area (Å²) in [5.41, 5.74) is 3.05. The van der Waals surface area contributed by atoms with Crippen LogP contribution in [0.15, 0.2) is 39.5 Å². The van der Waals surface area contributed by atoms with Gasteiger partial charge in [-0.15, -0.1) is 0 Å². The number of benzene rings is 1. The van der Waals surface area contributed by atoms with Gasteiger partial charge in [0, 0.05) is 29.4 Å². The van der Waals surface area contributed by atoms with Gasteiger partial charge < -0.3 is 9.73 Å². The summed E-state index contributed by atoms with van der Waals surface area (Å²) in [5, 5.41) is 2.53. The van der Waals surface area contributed by atoms with Gasteiger partial charge in [0.25, 0.3) is 5.91 Å². The Kier molecular flexibility index (Phi) is 7.42. The van der Waals surface area contributed by atoms with Crippen molar-refractivity contribution >= 4 is 11.6 Å². The van der Waals surface area contributed by atoms with E-state index in [1.165, 1.54) is 11.6 Å². The summed E-state index contributed by atoms with van der Waals surface area (Å²) in [4.78, 5) is 17.1. The molecule has 1 aromatic heterocycles. The van der Waals surface area contributed by atoms with E-state index >= 15 is 0 Å². The number of carbonyl (C=O) groups is 1. The van der Waals surface area contributed by atoms with Crippen molar-refractivity contribution in [3.05, 3.63) is 69.9 Å². The molecule has 2 aromatic rings. The van der Waals surface area contributed by atoms with Crippen molar-refractivity contribution < 1.29 is 18.0 Å². The van der Waals surface area contributed by atoms with Crippen LogP contribution in [0.25, 0.3) is 0 Å². The summed E-state index contributed by atoms with van der Waals surface area (Å²) in [6.45, 7) is 7.94. The zero-order chi connectivity index (χ0) is 22.5. The Morgan fingerprint density at radius 3 is 2.58 bits per heavy atom. The monoisotopic (exact) mass is 428 g/mol. The van der Waals surface area contributed by atoms with Gasteiger partial charge in [-0.2, -0.15) is 0 Å². The van der Waals surface area contributed by atoms with Crippen molar-refractivity contribution in [3.8, 4) is 0 Å². The van der Waals surface area contributed by atoms with Gasteiger partial charge in [0.1, 0.15) is 28.7 Å². The second-order valence-electron chi connectivity index (χ2n) is 8.30. The van der Waals surface area contributed by atoms with E-state index in [1.807, 2.05) is 6.92 Å². The van der Waals surface area contributed by atoms with Crippen molar-refractivity contribution in [2.24, 2.45) is 10.9 Å². The molecule has 1 heterocycles. The van der Waals surface area contributed by atoms with Crippen molar-refractivity contribution in [2.75, 3.05) is 0 Å². The summed E-state index contributed by atoms with van der Waals surface area (Å²) in [5.74, 6) is -0.265. The third-order valence-electron chi connectivity index (χ3n) is 5.79. The first-order valence-corrected chi connectivity index (χ1v) is 10.9. The fraction of sp³-hybridized carbons (Fsp3) is 0.440. The van der Waals surface area contributed by atoms with Crippen LogP contribution < -0.4 is 5.32 Å². The summed E-state index contributed by atoms with van der Waals surface area (Å²) in [6, 6.07) is 3.35. The second-order valence-corrected chi connectivity index (χ2v) is 8.30. The van der Waals surface area contributed by atoms with Crippen LogP contribution >= 0.6 is 0 Å². The molecule has 166 valence electrons. The number of aliphatic imine (C=N–C) groups is 1. The Morgan fingerprint density at radius 1 is 1.23 bits per heavy atom. The van der Waals surface area contributed by atoms with E-state index in [1.54, 1.807) is 13.1 Å². The highest BCUT2D eigenvalue weighted by molar-refractivity contribution is 6.03. The van der Waals surface area contributed by atoms with Gasteiger partial charge in [-0.25, -0.2) is 8.78 Å². The van der Waals surface area contributed by atoms with Crippen LogP contribution in [0, 0.1) is 24.5 Å². The molecule has 31 heavy (non-hydrogen) atoms. The maximum atomic E-state index is 13.9. The zero-order valence-corrected chi connectivity index (χ0v) is 18.6. The summed E-state index contributed by atoms with van der Waals surface area (Å²) < 4.78 is 33.8. The maximum Gasteiger partial charge on any atom is 0.261 e. The minimum atomic E-state index is -0.896. The Morgan fingerprint density at radius 2 is 1.90 bits per heavy atom. The lowest BCUT2D eigenvalue weighted by Crippen LogP contribution is -2.23. The largest absolute Gasteiger partial charge is 0.465 e. The second kappa shape index (κ2) is 10.0. The van der Waals surface area contributed by atoms with E-state index in [0.717, 1.165) is 73.5 Å². The number of carbonyl (C=O) groups excluding carboxylic acids is 1. The molecular formula is C25H30F2N2O2. The molecule has 1 N–H and O–H groups in total. The van der Waals surface area contributed by atoms with Gasteiger partial charge in [-0.1, -0.05) is 26.3 Å². The molecule has 1 aromatic carbocycles. The number of furan rings is 1. The lowest BCUT2D eigenvalue weighted by Gasteiger charge is -2.15. The van der Waals surface area contributed by atoms with E-state index < -0.39 is 23.1 Å². The molecule has 0 aliphatic heterocycles. The predicted molar refractivity (Wildman–Crippen MR) is 118 cm³/mol. The standard InChI is InChI=1S/C25H30F2N2O2/c1-5-15(2)13-21(23-17(4)31-22-12-7-6-9-18(22)23)28-14-16(3)29-25(30)24-19(26)10-8-11-20(24)27/h8,10-11,14-15H,5-7,9,12-13H2,1-4H3,(H,29,30)/b16-14+,28-21?. The molecule has 1 atom stereocenters. The third kappa shape index (κ3) is 5.30. The minimum Gasteiger partial charge on any atom is -0.465 e. The Bertz CT molecular complexity index is 1000. The fourth-order valence-electron chi connectivity index (χ4n) is 3.94. The number of allylic oxidation sites excluding steroid dienone is 1. The number of hydrogen-bond acceptors (Lipinski definition) is 3. The molecule has 6 heteroatoms. The molecule has 0 bridgehead atoms. The number of fused-ring (bicyclic) bond motifs is 1. The normalized spacial score (nSPS) is 15.5. The molecule has 0 saturated carbocycles. The average Bonchev–Trinajstić information content (AvgIpc) is 3.06. The molecule has 0 spiro atoms. The Balaban J connectivity index is 1.90. The number of nitrogens with zero attached hydrogens (tertiary/aromatic N) is 1. The van der Waals surface area contributed by atoms with Crippen LogP contribution in [-0.4, -0.2) is 11.6 Å². The number of amides is 1. The average molecular weight is 429 g/mol. The van der Waals surface area contributed by atoms with E-state index in [0.29, 0.717) is 11.6 Å². The topological polar surface area (TPSA) is 54.6 Å². The number of aryl methyl sites for hydroxylation is 2. The van der Waals surface area contributed by atoms with Crippen molar-refractivity contribution in [2.45, 2.75) is 66.2 Å². The number of halogens is 2. The Hall–Kier alpha value is -2.76. The van der Waals surface area contributed by atoms with Gasteiger partial charge in [0.15, 0.2) is 0 Å². The molecule has 4 nitrogen and oxygen atoms in total. The first-order chi connectivity index (χ1) is 14.8. The van der Waals surface area contributed by atoms with Crippen LogP contribution in [-0.2, 0) is 12.8 Å². The summed E-state index contributed by atoms with van der Waals surface area (Å²) in [6.07, 6.45) is 7.55. The Labute approximate surface area is 182 Å². The van der Waals surface area contributed by atoms with E-state index in [2.05, 4.69) is 19.2 Å². The fourth-order valence-corrected chi connectivity index (χ4v) is 3.94. The van der Waals surface area contributed by atoms with E-state index in [9.17, 15) is 13.6 Å². The van der Waals surface area contributed by atoms with Gasteiger partial charge in [-0.3, -0.25) is 9.79 Å². The highest BCUT2D eigenvalue weighted by Crippen LogP contribution is 2.31. The molecule has 1 aliphatic carbocycles. The quantitative estimate of drug-likeness (QED) is 0.529. The molecule has 1 unspecified atom stereocenters. The molecule has 0 radical (unpaired) electrons. The van der Waals surface area contributed by atoms with Crippen LogP contribution in [0.3, 0.4) is 0 Å². The molecule has 1 aliphatic rings. The molecule has 0 saturated heterocycles. The smallest absolute Gasteiger partial charge is 0.261 e. The predicted octanol–water partition coefficient (Wildman–Crippen LogP) is 6.26. The van der Waals surface area contributed by atoms with Crippen molar-refractivity contribution in [1.29, 1.82) is 0 Å². The van der Waals surface area contributed by atoms with E-state index in [-0.39, 0.29) is 0 Å². The molecular weight excluding hydrogens is 398 g/mol. The lowest BCUT2D eigenvalue weighted by molar-refractivity contribution is 0.0957. The molecule has 3 rings (SSSR count). The van der Waals surface area contributed by atoms with Crippen molar-refractivity contribution in [1.82, 2.24) is 5.32 Å². The maximum absolute atomic E-state index is 13.9. The summed E-state index contributed by atoms with van der Waals surface area (Å²) in [7, 11) is 0. The van der Waals surface area contributed by atoms with Gasteiger partial charge in [-0.05, 0) is 57.6 Å². The van der Waals surface area contributed by atoms with Gasteiger partial charge in [0.2, 0.25) is 0 Å². The number of nitrogens with one attached hydrogen (secondary N) is 1. The van der Waals surface area contributed by atoms with Crippen LogP contribution in [0.1, 0.15) is 79.5 Å². The highest BCUT2D eigenvalue weighted by atomic mass is 19.1. The van der Waals surface area contributed by atoms with Gasteiger partial charge >= 0.3 is 0 Å². The number of rotatable bonds is 7. The first kappa shape index (κ1) is 22.9. The third-order valence-corrected chi connectivity index (χ3v) is 5.79. The number of hydrogen-bond donors (Lipinski definition) is 1. The summed E-state index contributed by atoms with van der Waals surface area (Å²) >= 11 is 0. The van der Waals surface area contributed by atoms with E-state index in [4.69, 9.17) is 9.41 Å². The highest BCUT2D eigenvalue weighted by Gasteiger charge is 2.24. The van der Waals surface area contributed by atoms with Gasteiger partial charge in [0.05, 0.1) is 5.71 Å². The lowest BCUT2D eigenvalue weighted by atomic mass is 9.89. The van der Waals surface area contributed by atoms with Crippen LogP contribution in [0.5, 0.6) is 0 Å². The van der Waals surface area contributed by atoms with Crippen molar-refractivity contribution in [3.63, 3.8) is 0 Å². The molecule has 1 amide bonds. The first-order valence-electron chi connectivity index (χ1n) is 10.9. The minimum absolute atomic E-state index is 0.407. The zero-order valence-electron chi connectivity index (χ0n) is 18.6. The van der Waals surface area contributed by atoms with Crippen LogP contribution in [0.4, 0.5) is 8.78 Å². The van der Waals surface area contributed by atoms with Crippen LogP contribution in [0.2, 0.25) is 0 Å². The molecule has 0 fully saturated rings. The SMILES string of the molecule is CCC(C)CC(=N/C=C(\C)NC(=O)c1c(F)cccc1F)c1c(C)oc2c1CCCC2.